The molecule has 0 spiro atoms. The third-order valence-corrected chi connectivity index (χ3v) is 6.06. The Balaban J connectivity index is 1.85. The number of hydrogen-bond acceptors (Lipinski definition) is 4. The summed E-state index contributed by atoms with van der Waals surface area (Å²) in [7, 11) is 0. The highest BCUT2D eigenvalue weighted by molar-refractivity contribution is 6.35. The van der Waals surface area contributed by atoms with Gasteiger partial charge in [0, 0.05) is 17.3 Å². The van der Waals surface area contributed by atoms with Gasteiger partial charge in [-0.3, -0.25) is 9.98 Å². The lowest BCUT2D eigenvalue weighted by atomic mass is 10.1. The van der Waals surface area contributed by atoms with Gasteiger partial charge in [-0.2, -0.15) is 0 Å². The van der Waals surface area contributed by atoms with Crippen molar-refractivity contribution in [3.05, 3.63) is 94.0 Å². The van der Waals surface area contributed by atoms with E-state index in [1.807, 2.05) is 61.5 Å². The fourth-order valence-electron chi connectivity index (χ4n) is 4.01. The minimum absolute atomic E-state index is 0.106. The van der Waals surface area contributed by atoms with Crippen molar-refractivity contribution in [2.45, 2.75) is 26.8 Å². The van der Waals surface area contributed by atoms with Crippen LogP contribution in [-0.2, 0) is 0 Å². The second-order valence-corrected chi connectivity index (χ2v) is 9.22. The van der Waals surface area contributed by atoms with Crippen LogP contribution >= 0.6 is 23.2 Å². The van der Waals surface area contributed by atoms with E-state index in [9.17, 15) is 0 Å². The van der Waals surface area contributed by atoms with Gasteiger partial charge in [0.15, 0.2) is 0 Å². The summed E-state index contributed by atoms with van der Waals surface area (Å²) in [6.45, 7) is 6.10. The summed E-state index contributed by atoms with van der Waals surface area (Å²) >= 11 is 12.9. The molecule has 0 radical (unpaired) electrons. The number of nitrogens with zero attached hydrogens (tertiary/aromatic N) is 4. The third kappa shape index (κ3) is 4.25. The molecule has 0 atom stereocenters. The van der Waals surface area contributed by atoms with Crippen LogP contribution in [0.25, 0.3) is 28.1 Å². The zero-order chi connectivity index (χ0) is 23.8. The van der Waals surface area contributed by atoms with Crippen molar-refractivity contribution < 1.29 is 0 Å². The van der Waals surface area contributed by atoms with Gasteiger partial charge in [0.05, 0.1) is 55.6 Å². The molecule has 0 unspecified atom stereocenters. The van der Waals surface area contributed by atoms with Gasteiger partial charge in [-0.05, 0) is 75.4 Å². The van der Waals surface area contributed by atoms with Crippen LogP contribution in [0.15, 0.2) is 77.9 Å². The molecule has 0 saturated heterocycles. The van der Waals surface area contributed by atoms with E-state index in [0.717, 1.165) is 50.5 Å². The number of anilines is 2. The van der Waals surface area contributed by atoms with Crippen molar-refractivity contribution in [1.82, 2.24) is 14.5 Å². The molecule has 1 N–H and O–H groups in total. The lowest BCUT2D eigenvalue weighted by Crippen LogP contribution is -2.17. The Morgan fingerprint density at radius 1 is 0.941 bits per heavy atom. The van der Waals surface area contributed by atoms with Gasteiger partial charge >= 0.3 is 0 Å². The monoisotopic (exact) mass is 487 g/mol. The zero-order valence-corrected chi connectivity index (χ0v) is 20.6. The van der Waals surface area contributed by atoms with E-state index in [4.69, 9.17) is 33.2 Å². The molecule has 2 aromatic carbocycles. The number of aryl methyl sites for hydroxylation is 1. The first-order valence-electron chi connectivity index (χ1n) is 11.0. The number of aromatic nitrogens is 3. The predicted octanol–water partition coefficient (Wildman–Crippen LogP) is 7.19. The molecule has 2 aliphatic rings. The van der Waals surface area contributed by atoms with Gasteiger partial charge in [0.1, 0.15) is 0 Å². The average molecular weight is 488 g/mol. The van der Waals surface area contributed by atoms with Crippen molar-refractivity contribution >= 4 is 45.6 Å². The zero-order valence-electron chi connectivity index (χ0n) is 19.1. The first-order chi connectivity index (χ1) is 16.4. The maximum Gasteiger partial charge on any atom is 0.0900 e. The molecule has 3 aromatic rings. The van der Waals surface area contributed by atoms with E-state index >= 15 is 0 Å². The maximum atomic E-state index is 6.68. The molecular weight excluding hydrogens is 465 g/mol. The molecular formula is C27H23Cl2N5. The van der Waals surface area contributed by atoms with Crippen LogP contribution in [-0.4, -0.2) is 20.6 Å². The van der Waals surface area contributed by atoms with Gasteiger partial charge in [-0.25, -0.2) is 4.98 Å². The van der Waals surface area contributed by atoms with E-state index in [-0.39, 0.29) is 6.04 Å². The molecule has 170 valence electrons. The van der Waals surface area contributed by atoms with Crippen LogP contribution in [0.3, 0.4) is 0 Å². The lowest BCUT2D eigenvalue weighted by molar-refractivity contribution is 0.806. The molecule has 0 bridgehead atoms. The standard InChI is InChI=1S/C27H23Cl2N5/c1-16(2)31-23-15-27-24(14-22(23)32-20-8-6-12-30-17(20)3)33-21-7-4-5-9-26(21)34(27)25-11-10-18(28)13-19(25)29/h4-16,32H,1-3H3/b31-23+. The number of rotatable bonds is 4. The highest BCUT2D eigenvalue weighted by Crippen LogP contribution is 2.34. The van der Waals surface area contributed by atoms with Gasteiger partial charge in [-0.15, -0.1) is 0 Å². The first kappa shape index (κ1) is 22.4. The number of hydrogen-bond donors (Lipinski definition) is 1. The Morgan fingerprint density at radius 3 is 2.53 bits per heavy atom. The number of fused-ring (bicyclic) bond motifs is 2. The summed E-state index contributed by atoms with van der Waals surface area (Å²) < 4.78 is 2.12. The van der Waals surface area contributed by atoms with Gasteiger partial charge in [0.25, 0.3) is 0 Å². The van der Waals surface area contributed by atoms with Crippen molar-refractivity contribution in [3.63, 3.8) is 0 Å². The smallest absolute Gasteiger partial charge is 0.0900 e. The van der Waals surface area contributed by atoms with E-state index in [1.165, 1.54) is 0 Å². The normalized spacial score (nSPS) is 12.1. The van der Waals surface area contributed by atoms with E-state index in [0.29, 0.717) is 10.0 Å². The molecule has 7 heteroatoms. The van der Waals surface area contributed by atoms with Crippen molar-refractivity contribution in [2.24, 2.45) is 4.99 Å². The van der Waals surface area contributed by atoms with Crippen molar-refractivity contribution in [1.29, 1.82) is 0 Å². The highest BCUT2D eigenvalue weighted by atomic mass is 35.5. The summed E-state index contributed by atoms with van der Waals surface area (Å²) in [5.41, 5.74) is 7.05. The molecule has 5 rings (SSSR count). The molecule has 0 saturated carbocycles. The average Bonchev–Trinajstić information content (AvgIpc) is 2.80. The van der Waals surface area contributed by atoms with Crippen LogP contribution in [0.5, 0.6) is 0 Å². The minimum Gasteiger partial charge on any atom is -0.352 e. The second kappa shape index (κ2) is 9.09. The molecule has 2 heterocycles. The first-order valence-corrected chi connectivity index (χ1v) is 11.8. The van der Waals surface area contributed by atoms with Crippen LogP contribution < -0.4 is 10.7 Å². The quantitative estimate of drug-likeness (QED) is 0.272. The number of para-hydroxylation sites is 2. The molecule has 1 aliphatic carbocycles. The summed E-state index contributed by atoms with van der Waals surface area (Å²) in [6.07, 6.45) is 1.78. The summed E-state index contributed by atoms with van der Waals surface area (Å²) in [4.78, 5) is 14.3. The molecule has 5 nitrogen and oxygen atoms in total. The predicted molar refractivity (Wildman–Crippen MR) is 141 cm³/mol. The van der Waals surface area contributed by atoms with E-state index in [1.54, 1.807) is 12.3 Å². The number of halogens is 2. The molecule has 1 aromatic heterocycles. The highest BCUT2D eigenvalue weighted by Gasteiger charge is 2.18. The Labute approximate surface area is 208 Å². The number of benzene rings is 3. The minimum atomic E-state index is 0.106. The second-order valence-electron chi connectivity index (χ2n) is 8.37. The fraction of sp³-hybridized carbons (Fsp3) is 0.148. The fourth-order valence-corrected chi connectivity index (χ4v) is 4.50. The number of pyridine rings is 1. The van der Waals surface area contributed by atoms with Gasteiger partial charge in [-0.1, -0.05) is 35.3 Å². The van der Waals surface area contributed by atoms with Crippen LogP contribution in [0.4, 0.5) is 11.4 Å². The Morgan fingerprint density at radius 2 is 1.76 bits per heavy atom. The third-order valence-electron chi connectivity index (χ3n) is 5.52. The van der Waals surface area contributed by atoms with Crippen LogP contribution in [0.1, 0.15) is 19.5 Å². The number of nitrogens with one attached hydrogen (secondary N) is 1. The van der Waals surface area contributed by atoms with Gasteiger partial charge < -0.3 is 9.88 Å². The van der Waals surface area contributed by atoms with Crippen molar-refractivity contribution in [2.75, 3.05) is 5.32 Å². The summed E-state index contributed by atoms with van der Waals surface area (Å²) in [5.74, 6) is 0. The largest absolute Gasteiger partial charge is 0.352 e. The van der Waals surface area contributed by atoms with Crippen LogP contribution in [0.2, 0.25) is 10.0 Å². The van der Waals surface area contributed by atoms with E-state index < -0.39 is 0 Å². The van der Waals surface area contributed by atoms with Crippen LogP contribution in [0, 0.1) is 6.92 Å². The molecule has 0 amide bonds. The maximum absolute atomic E-state index is 6.68. The lowest BCUT2D eigenvalue weighted by Gasteiger charge is -2.21. The Bertz CT molecular complexity index is 1560. The van der Waals surface area contributed by atoms with Gasteiger partial charge in [0.2, 0.25) is 0 Å². The topological polar surface area (TPSA) is 55.1 Å². The molecule has 34 heavy (non-hydrogen) atoms. The SMILES string of the molecule is Cc1ncccc1Nc1cc2nc3ccccc3n(-c3ccc(Cl)cc3Cl)c-2c/c1=N\C(C)C. The van der Waals surface area contributed by atoms with Crippen molar-refractivity contribution in [3.8, 4) is 17.1 Å². The Hall–Kier alpha value is -3.41. The summed E-state index contributed by atoms with van der Waals surface area (Å²) in [5, 5.41) is 5.50. The Kier molecular flexibility index (Phi) is 5.98. The van der Waals surface area contributed by atoms with E-state index in [2.05, 4.69) is 34.8 Å². The molecule has 0 fully saturated rings. The molecule has 1 aliphatic heterocycles. The summed E-state index contributed by atoms with van der Waals surface area (Å²) in [6, 6.07) is 21.7.